The normalized spacial score (nSPS) is 20.1. The SMILES string of the molecule is COC(=O)c1cccc(CNC(=O)[C@@H]2CC[C@H](CN)O2)c1.Cl. The summed E-state index contributed by atoms with van der Waals surface area (Å²) < 4.78 is 10.2. The molecule has 1 fully saturated rings. The summed E-state index contributed by atoms with van der Waals surface area (Å²) in [7, 11) is 1.34. The van der Waals surface area contributed by atoms with Crippen molar-refractivity contribution in [3.63, 3.8) is 0 Å². The van der Waals surface area contributed by atoms with Gasteiger partial charge in [-0.25, -0.2) is 4.79 Å². The van der Waals surface area contributed by atoms with E-state index in [1.807, 2.05) is 6.07 Å². The molecule has 1 saturated heterocycles. The quantitative estimate of drug-likeness (QED) is 0.787. The number of carbonyl (C=O) groups is 2. The zero-order valence-corrected chi connectivity index (χ0v) is 13.2. The lowest BCUT2D eigenvalue weighted by molar-refractivity contribution is -0.132. The third-order valence-corrected chi connectivity index (χ3v) is 3.48. The van der Waals surface area contributed by atoms with E-state index in [1.165, 1.54) is 7.11 Å². The van der Waals surface area contributed by atoms with Gasteiger partial charge in [-0.2, -0.15) is 0 Å². The van der Waals surface area contributed by atoms with E-state index in [1.54, 1.807) is 18.2 Å². The van der Waals surface area contributed by atoms with E-state index < -0.39 is 12.1 Å². The molecular formula is C15H21ClN2O4. The van der Waals surface area contributed by atoms with Crippen molar-refractivity contribution in [3.05, 3.63) is 35.4 Å². The molecule has 1 aliphatic heterocycles. The zero-order valence-electron chi connectivity index (χ0n) is 12.4. The van der Waals surface area contributed by atoms with Crippen LogP contribution in [0.4, 0.5) is 0 Å². The Morgan fingerprint density at radius 3 is 2.82 bits per heavy atom. The van der Waals surface area contributed by atoms with E-state index >= 15 is 0 Å². The van der Waals surface area contributed by atoms with Crippen LogP contribution >= 0.6 is 12.4 Å². The number of halogens is 1. The highest BCUT2D eigenvalue weighted by Crippen LogP contribution is 2.19. The van der Waals surface area contributed by atoms with Crippen molar-refractivity contribution >= 4 is 24.3 Å². The predicted octanol–water partition coefficient (Wildman–Crippen LogP) is 1.02. The second kappa shape index (κ2) is 8.73. The molecule has 1 amide bonds. The number of methoxy groups -OCH3 is 1. The van der Waals surface area contributed by atoms with Crippen LogP contribution in [0, 0.1) is 0 Å². The number of esters is 1. The van der Waals surface area contributed by atoms with Crippen LogP contribution in [0.2, 0.25) is 0 Å². The fourth-order valence-electron chi connectivity index (χ4n) is 2.30. The zero-order chi connectivity index (χ0) is 15.2. The fraction of sp³-hybridized carbons (Fsp3) is 0.467. The average molecular weight is 329 g/mol. The molecule has 6 nitrogen and oxygen atoms in total. The van der Waals surface area contributed by atoms with E-state index in [4.69, 9.17) is 10.5 Å². The largest absolute Gasteiger partial charge is 0.465 e. The minimum atomic E-state index is -0.428. The number of hydrogen-bond acceptors (Lipinski definition) is 5. The van der Waals surface area contributed by atoms with Crippen LogP contribution in [0.3, 0.4) is 0 Å². The molecule has 0 saturated carbocycles. The van der Waals surface area contributed by atoms with Gasteiger partial charge in [0.2, 0.25) is 5.91 Å². The number of nitrogens with one attached hydrogen (secondary N) is 1. The number of ether oxygens (including phenoxy) is 2. The monoisotopic (exact) mass is 328 g/mol. The topological polar surface area (TPSA) is 90.7 Å². The van der Waals surface area contributed by atoms with Crippen LogP contribution in [0.5, 0.6) is 0 Å². The summed E-state index contributed by atoms with van der Waals surface area (Å²) in [6.45, 7) is 0.780. The summed E-state index contributed by atoms with van der Waals surface area (Å²) in [6, 6.07) is 6.96. The van der Waals surface area contributed by atoms with Gasteiger partial charge in [0, 0.05) is 13.1 Å². The fourth-order valence-corrected chi connectivity index (χ4v) is 2.30. The number of rotatable bonds is 5. The van der Waals surface area contributed by atoms with Gasteiger partial charge in [-0.15, -0.1) is 12.4 Å². The molecule has 2 rings (SSSR count). The average Bonchev–Trinajstić information content (AvgIpc) is 3.01. The van der Waals surface area contributed by atoms with Crippen LogP contribution in [0.15, 0.2) is 24.3 Å². The minimum absolute atomic E-state index is 0. The summed E-state index contributed by atoms with van der Waals surface area (Å²) >= 11 is 0. The van der Waals surface area contributed by atoms with Crippen molar-refractivity contribution in [1.29, 1.82) is 0 Å². The number of benzene rings is 1. The van der Waals surface area contributed by atoms with E-state index in [2.05, 4.69) is 10.1 Å². The Balaban J connectivity index is 0.00000242. The van der Waals surface area contributed by atoms with Gasteiger partial charge in [-0.05, 0) is 30.5 Å². The first-order valence-electron chi connectivity index (χ1n) is 6.94. The minimum Gasteiger partial charge on any atom is -0.465 e. The highest BCUT2D eigenvalue weighted by molar-refractivity contribution is 5.89. The van der Waals surface area contributed by atoms with E-state index in [-0.39, 0.29) is 24.4 Å². The Morgan fingerprint density at radius 1 is 1.41 bits per heavy atom. The summed E-state index contributed by atoms with van der Waals surface area (Å²) in [4.78, 5) is 23.4. The lowest BCUT2D eigenvalue weighted by Crippen LogP contribution is -2.35. The van der Waals surface area contributed by atoms with Crippen molar-refractivity contribution < 1.29 is 19.1 Å². The van der Waals surface area contributed by atoms with E-state index in [0.717, 1.165) is 12.0 Å². The first kappa shape index (κ1) is 18.4. The smallest absolute Gasteiger partial charge is 0.337 e. The van der Waals surface area contributed by atoms with Crippen molar-refractivity contribution in [2.75, 3.05) is 13.7 Å². The first-order valence-corrected chi connectivity index (χ1v) is 6.94. The van der Waals surface area contributed by atoms with Crippen LogP contribution in [0.1, 0.15) is 28.8 Å². The molecule has 0 aliphatic carbocycles. The summed E-state index contributed by atoms with van der Waals surface area (Å²) in [6.07, 6.45) is 1.05. The molecule has 122 valence electrons. The standard InChI is InChI=1S/C15H20N2O4.ClH/c1-20-15(19)11-4-2-3-10(7-11)9-17-14(18)13-6-5-12(8-16)21-13;/h2-4,7,12-13H,5-6,8-9,16H2,1H3,(H,17,18);1H/t12-,13+;/m1./s1. The molecule has 22 heavy (non-hydrogen) atoms. The highest BCUT2D eigenvalue weighted by Gasteiger charge is 2.29. The number of amides is 1. The van der Waals surface area contributed by atoms with Crippen LogP contribution in [-0.4, -0.2) is 37.7 Å². The molecule has 1 aliphatic rings. The van der Waals surface area contributed by atoms with Gasteiger partial charge in [0.1, 0.15) is 6.10 Å². The molecule has 1 aromatic carbocycles. The molecule has 0 radical (unpaired) electrons. The second-order valence-electron chi connectivity index (χ2n) is 4.97. The lowest BCUT2D eigenvalue weighted by atomic mass is 10.1. The molecule has 3 N–H and O–H groups in total. The molecule has 0 spiro atoms. The Bertz CT molecular complexity index is 524. The molecule has 1 aromatic rings. The Morgan fingerprint density at radius 2 is 2.18 bits per heavy atom. The van der Waals surface area contributed by atoms with Gasteiger partial charge in [0.15, 0.2) is 0 Å². The molecule has 0 aromatic heterocycles. The first-order chi connectivity index (χ1) is 10.1. The molecular weight excluding hydrogens is 308 g/mol. The maximum atomic E-state index is 12.0. The van der Waals surface area contributed by atoms with Crippen molar-refractivity contribution in [3.8, 4) is 0 Å². The number of nitrogens with two attached hydrogens (primary N) is 1. The summed E-state index contributed by atoms with van der Waals surface area (Å²) in [5.74, 6) is -0.539. The Hall–Kier alpha value is -1.63. The van der Waals surface area contributed by atoms with Gasteiger partial charge in [0.25, 0.3) is 0 Å². The maximum Gasteiger partial charge on any atom is 0.337 e. The molecule has 0 bridgehead atoms. The maximum absolute atomic E-state index is 12.0. The third kappa shape index (κ3) is 4.69. The predicted molar refractivity (Wildman–Crippen MR) is 83.8 cm³/mol. The lowest BCUT2D eigenvalue weighted by Gasteiger charge is -2.13. The van der Waals surface area contributed by atoms with Gasteiger partial charge in [-0.3, -0.25) is 4.79 Å². The van der Waals surface area contributed by atoms with Gasteiger partial charge >= 0.3 is 5.97 Å². The van der Waals surface area contributed by atoms with Crippen molar-refractivity contribution in [2.24, 2.45) is 5.73 Å². The van der Waals surface area contributed by atoms with Crippen molar-refractivity contribution in [2.45, 2.75) is 31.6 Å². The molecule has 1 heterocycles. The third-order valence-electron chi connectivity index (χ3n) is 3.48. The van der Waals surface area contributed by atoms with Gasteiger partial charge in [0.05, 0.1) is 18.8 Å². The molecule has 0 unspecified atom stereocenters. The molecule has 7 heteroatoms. The van der Waals surface area contributed by atoms with Gasteiger partial charge in [-0.1, -0.05) is 12.1 Å². The van der Waals surface area contributed by atoms with Gasteiger partial charge < -0.3 is 20.5 Å². The number of hydrogen-bond donors (Lipinski definition) is 2. The summed E-state index contributed by atoms with van der Waals surface area (Å²) in [5.41, 5.74) is 6.81. The van der Waals surface area contributed by atoms with E-state index in [0.29, 0.717) is 25.1 Å². The van der Waals surface area contributed by atoms with E-state index in [9.17, 15) is 9.59 Å². The Kier molecular flexibility index (Phi) is 7.31. The summed E-state index contributed by atoms with van der Waals surface area (Å²) in [5, 5.41) is 2.81. The molecule has 2 atom stereocenters. The van der Waals surface area contributed by atoms with Crippen LogP contribution in [0.25, 0.3) is 0 Å². The van der Waals surface area contributed by atoms with Crippen LogP contribution in [-0.2, 0) is 20.8 Å². The van der Waals surface area contributed by atoms with Crippen LogP contribution < -0.4 is 11.1 Å². The Labute approximate surface area is 135 Å². The highest BCUT2D eigenvalue weighted by atomic mass is 35.5. The van der Waals surface area contributed by atoms with Crippen molar-refractivity contribution in [1.82, 2.24) is 5.32 Å². The number of carbonyl (C=O) groups excluding carboxylic acids is 2. The second-order valence-corrected chi connectivity index (χ2v) is 4.97.